The van der Waals surface area contributed by atoms with Gasteiger partial charge in [0.05, 0.1) is 11.1 Å². The van der Waals surface area contributed by atoms with Gasteiger partial charge in [-0.25, -0.2) is 4.21 Å². The average Bonchev–Trinajstić information content (AvgIpc) is 3.04. The molecule has 0 radical (unpaired) electrons. The topological polar surface area (TPSA) is 92.4 Å². The van der Waals surface area contributed by atoms with Crippen molar-refractivity contribution >= 4 is 27.7 Å². The number of nitrogens with zero attached hydrogens (tertiary/aromatic N) is 1. The highest BCUT2D eigenvalue weighted by atomic mass is 32.2. The van der Waals surface area contributed by atoms with Crippen molar-refractivity contribution in [2.45, 2.75) is 11.4 Å². The molecule has 1 unspecified atom stereocenters. The van der Waals surface area contributed by atoms with Crippen LogP contribution in [-0.4, -0.2) is 20.2 Å². The van der Waals surface area contributed by atoms with Gasteiger partial charge >= 0.3 is 0 Å². The molecule has 1 aromatic carbocycles. The van der Waals surface area contributed by atoms with Crippen molar-refractivity contribution in [3.8, 4) is 11.4 Å². The molecular formula is C17H12N2O4S. The molecule has 120 valence electrons. The zero-order valence-electron chi connectivity index (χ0n) is 12.4. The number of carbonyl (C=O) groups excluding carboxylic acids is 1. The van der Waals surface area contributed by atoms with Crippen molar-refractivity contribution in [1.82, 2.24) is 10.3 Å². The van der Waals surface area contributed by atoms with Gasteiger partial charge in [0, 0.05) is 23.4 Å². The Balaban J connectivity index is 1.65. The maximum Gasteiger partial charge on any atom is 0.287 e. The van der Waals surface area contributed by atoms with Gasteiger partial charge in [0.15, 0.2) is 11.3 Å². The molecule has 3 aromatic rings. The average molecular weight is 340 g/mol. The Labute approximate surface area is 140 Å². The Hall–Kier alpha value is -3.11. The summed E-state index contributed by atoms with van der Waals surface area (Å²) in [4.78, 5) is 16.5. The van der Waals surface area contributed by atoms with Crippen molar-refractivity contribution in [1.29, 1.82) is 0 Å². The third kappa shape index (κ3) is 3.45. The summed E-state index contributed by atoms with van der Waals surface area (Å²) in [6.45, 7) is 0.298. The molecule has 2 N–H and O–H groups in total. The van der Waals surface area contributed by atoms with E-state index in [1.807, 2.05) is 0 Å². The van der Waals surface area contributed by atoms with Crippen LogP contribution in [-0.2, 0) is 17.3 Å². The van der Waals surface area contributed by atoms with Crippen molar-refractivity contribution in [2.24, 2.45) is 0 Å². The first-order valence-electron chi connectivity index (χ1n) is 6.94. The lowest BCUT2D eigenvalue weighted by Crippen LogP contribution is -2.22. The SMILES string of the molecule is O=C(NCc1ccc(S(=O)C#CO)cc1)c1cc2ccncc2o1. The second-order valence-corrected chi connectivity index (χ2v) is 6.05. The summed E-state index contributed by atoms with van der Waals surface area (Å²) in [5.74, 6) is -0.112. The van der Waals surface area contributed by atoms with Crippen LogP contribution in [0.1, 0.15) is 16.1 Å². The molecule has 3 rings (SSSR count). The zero-order chi connectivity index (χ0) is 16.9. The number of pyridine rings is 1. The molecule has 1 atom stereocenters. The first-order chi connectivity index (χ1) is 11.7. The van der Waals surface area contributed by atoms with Crippen LogP contribution in [0.3, 0.4) is 0 Å². The number of hydrogen-bond acceptors (Lipinski definition) is 5. The van der Waals surface area contributed by atoms with Crippen molar-refractivity contribution in [3.63, 3.8) is 0 Å². The number of aromatic nitrogens is 1. The quantitative estimate of drug-likeness (QED) is 0.710. The van der Waals surface area contributed by atoms with Crippen LogP contribution in [0, 0.1) is 11.4 Å². The highest BCUT2D eigenvalue weighted by Gasteiger charge is 2.12. The number of hydrogen-bond donors (Lipinski definition) is 2. The number of fused-ring (bicyclic) bond motifs is 1. The fraction of sp³-hybridized carbons (Fsp3) is 0.0588. The molecule has 0 bridgehead atoms. The van der Waals surface area contributed by atoms with Crippen LogP contribution in [0.5, 0.6) is 0 Å². The number of amides is 1. The third-order valence-electron chi connectivity index (χ3n) is 3.28. The Morgan fingerprint density at radius 3 is 2.79 bits per heavy atom. The third-order valence-corrected chi connectivity index (χ3v) is 4.25. The number of carbonyl (C=O) groups is 1. The number of aliphatic hydroxyl groups excluding tert-OH is 1. The summed E-state index contributed by atoms with van der Waals surface area (Å²) in [6.07, 6.45) is 4.81. The molecule has 0 aliphatic heterocycles. The minimum atomic E-state index is -1.56. The fourth-order valence-corrected chi connectivity index (χ4v) is 2.68. The van der Waals surface area contributed by atoms with Gasteiger partial charge in [0.25, 0.3) is 5.91 Å². The number of benzene rings is 1. The van der Waals surface area contributed by atoms with E-state index in [1.54, 1.807) is 54.9 Å². The van der Waals surface area contributed by atoms with Gasteiger partial charge < -0.3 is 14.8 Å². The smallest absolute Gasteiger partial charge is 0.287 e. The fourth-order valence-electron chi connectivity index (χ4n) is 2.10. The summed E-state index contributed by atoms with van der Waals surface area (Å²) in [6, 6.07) is 10.2. The zero-order valence-corrected chi connectivity index (χ0v) is 13.2. The molecule has 0 saturated heterocycles. The minimum Gasteiger partial charge on any atom is -0.461 e. The van der Waals surface area contributed by atoms with E-state index >= 15 is 0 Å². The Kier molecular flexibility index (Phi) is 4.59. The van der Waals surface area contributed by atoms with E-state index in [0.717, 1.165) is 10.9 Å². The molecule has 0 spiro atoms. The number of furan rings is 1. The van der Waals surface area contributed by atoms with Gasteiger partial charge in [0.2, 0.25) is 0 Å². The van der Waals surface area contributed by atoms with Crippen LogP contribution < -0.4 is 5.32 Å². The standard InChI is InChI=1S/C17H12N2O4S/c20-7-8-24(22)14-3-1-12(2-4-14)10-19-17(21)15-9-13-5-6-18-11-16(13)23-15/h1-6,9,11,20H,10H2,(H,19,21). The lowest BCUT2D eigenvalue weighted by Gasteiger charge is -2.04. The normalized spacial score (nSPS) is 11.5. The van der Waals surface area contributed by atoms with Crippen molar-refractivity contribution < 1.29 is 18.5 Å². The van der Waals surface area contributed by atoms with Crippen LogP contribution in [0.15, 0.2) is 58.1 Å². The lowest BCUT2D eigenvalue weighted by atomic mass is 10.2. The van der Waals surface area contributed by atoms with Gasteiger partial charge in [-0.05, 0) is 29.8 Å². The van der Waals surface area contributed by atoms with E-state index < -0.39 is 10.8 Å². The minimum absolute atomic E-state index is 0.217. The van der Waals surface area contributed by atoms with Crippen molar-refractivity contribution in [2.75, 3.05) is 0 Å². The number of rotatable bonds is 4. The highest BCUT2D eigenvalue weighted by molar-refractivity contribution is 7.89. The molecule has 24 heavy (non-hydrogen) atoms. The summed E-state index contributed by atoms with van der Waals surface area (Å²) in [5, 5.41) is 14.2. The molecule has 7 heteroatoms. The van der Waals surface area contributed by atoms with E-state index in [1.165, 1.54) is 0 Å². The maximum absolute atomic E-state index is 12.1. The molecular weight excluding hydrogens is 328 g/mol. The molecule has 0 aliphatic carbocycles. The summed E-state index contributed by atoms with van der Waals surface area (Å²) in [5.41, 5.74) is 1.39. The van der Waals surface area contributed by atoms with Crippen LogP contribution in [0.25, 0.3) is 11.0 Å². The first-order valence-corrected chi connectivity index (χ1v) is 8.09. The van der Waals surface area contributed by atoms with E-state index in [-0.39, 0.29) is 11.7 Å². The van der Waals surface area contributed by atoms with Gasteiger partial charge in [-0.1, -0.05) is 12.1 Å². The summed E-state index contributed by atoms with van der Waals surface area (Å²) >= 11 is 0. The lowest BCUT2D eigenvalue weighted by molar-refractivity contribution is 0.0925. The monoisotopic (exact) mass is 340 g/mol. The largest absolute Gasteiger partial charge is 0.461 e. The van der Waals surface area contributed by atoms with Crippen molar-refractivity contribution in [3.05, 3.63) is 60.1 Å². The molecule has 2 aromatic heterocycles. The van der Waals surface area contributed by atoms with Gasteiger partial charge in [0.1, 0.15) is 16.9 Å². The molecule has 6 nitrogen and oxygen atoms in total. The first kappa shape index (κ1) is 15.8. The Morgan fingerprint density at radius 1 is 1.29 bits per heavy atom. The van der Waals surface area contributed by atoms with Crippen LogP contribution in [0.2, 0.25) is 0 Å². The van der Waals surface area contributed by atoms with Gasteiger partial charge in [-0.2, -0.15) is 0 Å². The van der Waals surface area contributed by atoms with Gasteiger partial charge in [-0.3, -0.25) is 9.78 Å². The molecule has 1 amide bonds. The van der Waals surface area contributed by atoms with Crippen LogP contribution >= 0.6 is 0 Å². The number of aliphatic hydroxyl groups is 1. The van der Waals surface area contributed by atoms with E-state index in [2.05, 4.69) is 15.6 Å². The summed E-state index contributed by atoms with van der Waals surface area (Å²) in [7, 11) is -1.56. The maximum atomic E-state index is 12.1. The Bertz CT molecular complexity index is 934. The highest BCUT2D eigenvalue weighted by Crippen LogP contribution is 2.17. The predicted molar refractivity (Wildman–Crippen MR) is 87.7 cm³/mol. The number of nitrogens with one attached hydrogen (secondary N) is 1. The van der Waals surface area contributed by atoms with Crippen LogP contribution in [0.4, 0.5) is 0 Å². The molecule has 2 heterocycles. The van der Waals surface area contributed by atoms with E-state index in [9.17, 15) is 9.00 Å². The van der Waals surface area contributed by atoms with E-state index in [0.29, 0.717) is 17.0 Å². The van der Waals surface area contributed by atoms with Gasteiger partial charge in [-0.15, -0.1) is 0 Å². The summed E-state index contributed by atoms with van der Waals surface area (Å²) < 4.78 is 17.0. The predicted octanol–water partition coefficient (Wildman–Crippen LogP) is 2.16. The molecule has 0 saturated carbocycles. The molecule has 0 fully saturated rings. The molecule has 0 aliphatic rings. The van der Waals surface area contributed by atoms with E-state index in [4.69, 9.17) is 9.52 Å². The Morgan fingerprint density at radius 2 is 2.08 bits per heavy atom. The second-order valence-electron chi connectivity index (χ2n) is 4.83. The second kappa shape index (κ2) is 6.98.